The molecule has 0 saturated heterocycles. The van der Waals surface area contributed by atoms with E-state index < -0.39 is 17.5 Å². The average Bonchev–Trinajstić information content (AvgIpc) is 2.36. The van der Waals surface area contributed by atoms with E-state index >= 15 is 0 Å². The Morgan fingerprint density at radius 1 is 1.32 bits per heavy atom. The Morgan fingerprint density at radius 3 is 2.37 bits per heavy atom. The monoisotopic (exact) mass is 278 g/mol. The Hall–Kier alpha value is -1.93. The molecule has 0 unspecified atom stereocenters. The van der Waals surface area contributed by atoms with Crippen LogP contribution in [-0.2, 0) is 9.53 Å². The zero-order valence-corrected chi connectivity index (χ0v) is 11.5. The Balaban J connectivity index is 2.82. The number of aromatic carboxylic acids is 1. The summed E-state index contributed by atoms with van der Waals surface area (Å²) >= 11 is 3.82. The van der Waals surface area contributed by atoms with E-state index in [9.17, 15) is 9.59 Å². The second-order valence-corrected chi connectivity index (χ2v) is 4.59. The number of esters is 1. The van der Waals surface area contributed by atoms with Gasteiger partial charge in [-0.25, -0.2) is 4.79 Å². The van der Waals surface area contributed by atoms with Crippen LogP contribution in [0.15, 0.2) is 24.3 Å². The van der Waals surface area contributed by atoms with Crippen LogP contribution in [0.5, 0.6) is 0 Å². The molecule has 0 saturated carbocycles. The Bertz CT molecular complexity index is 535. The molecule has 0 spiro atoms. The van der Waals surface area contributed by atoms with Crippen molar-refractivity contribution in [2.75, 3.05) is 5.75 Å². The Labute approximate surface area is 117 Å². The number of carboxylic acid groups (broad SMARTS) is 1. The standard InChI is InChI=1S/C14H14O4S/c1-14(2,18-12(15)9-19)8-7-10-3-5-11(6-4-10)13(16)17/h3-6,19H,9H2,1-2H3,(H,16,17). The Morgan fingerprint density at radius 2 is 1.89 bits per heavy atom. The molecule has 0 heterocycles. The topological polar surface area (TPSA) is 63.6 Å². The summed E-state index contributed by atoms with van der Waals surface area (Å²) in [6.45, 7) is 3.35. The van der Waals surface area contributed by atoms with Gasteiger partial charge < -0.3 is 9.84 Å². The van der Waals surface area contributed by atoms with Crippen molar-refractivity contribution in [1.29, 1.82) is 0 Å². The van der Waals surface area contributed by atoms with Gasteiger partial charge in [-0.05, 0) is 38.1 Å². The van der Waals surface area contributed by atoms with Crippen molar-refractivity contribution in [1.82, 2.24) is 0 Å². The molecule has 0 aliphatic carbocycles. The summed E-state index contributed by atoms with van der Waals surface area (Å²) in [7, 11) is 0. The van der Waals surface area contributed by atoms with Crippen molar-refractivity contribution in [2.24, 2.45) is 0 Å². The van der Waals surface area contributed by atoms with E-state index in [4.69, 9.17) is 9.84 Å². The van der Waals surface area contributed by atoms with Crippen molar-refractivity contribution in [3.63, 3.8) is 0 Å². The molecule has 100 valence electrons. The minimum atomic E-state index is -0.984. The number of thiol groups is 1. The van der Waals surface area contributed by atoms with Gasteiger partial charge in [0.15, 0.2) is 5.60 Å². The van der Waals surface area contributed by atoms with Crippen molar-refractivity contribution < 1.29 is 19.4 Å². The maximum atomic E-state index is 11.1. The quantitative estimate of drug-likeness (QED) is 0.504. The normalized spacial score (nSPS) is 10.3. The average molecular weight is 278 g/mol. The molecule has 0 fully saturated rings. The third-order valence-electron chi connectivity index (χ3n) is 2.14. The SMILES string of the molecule is CC(C)(C#Cc1ccc(C(=O)O)cc1)OC(=O)CS. The molecule has 0 aliphatic rings. The first-order chi connectivity index (χ1) is 8.84. The highest BCUT2D eigenvalue weighted by molar-refractivity contribution is 7.81. The highest BCUT2D eigenvalue weighted by Crippen LogP contribution is 2.09. The van der Waals surface area contributed by atoms with Crippen molar-refractivity contribution in [3.8, 4) is 11.8 Å². The fourth-order valence-corrected chi connectivity index (χ4v) is 1.33. The highest BCUT2D eigenvalue weighted by Gasteiger charge is 2.18. The van der Waals surface area contributed by atoms with E-state index in [1.807, 2.05) is 0 Å². The minimum absolute atomic E-state index is 0.00157. The summed E-state index contributed by atoms with van der Waals surface area (Å²) in [5.41, 5.74) is -0.0584. The van der Waals surface area contributed by atoms with Crippen LogP contribution in [0.25, 0.3) is 0 Å². The zero-order valence-electron chi connectivity index (χ0n) is 10.6. The molecule has 1 N–H and O–H groups in total. The fourth-order valence-electron chi connectivity index (χ4n) is 1.26. The van der Waals surface area contributed by atoms with Gasteiger partial charge in [-0.2, -0.15) is 12.6 Å². The van der Waals surface area contributed by atoms with E-state index in [-0.39, 0.29) is 11.3 Å². The van der Waals surface area contributed by atoms with Crippen LogP contribution < -0.4 is 0 Å². The number of carboxylic acids is 1. The van der Waals surface area contributed by atoms with Gasteiger partial charge in [0.25, 0.3) is 0 Å². The molecule has 0 aliphatic heterocycles. The number of benzene rings is 1. The van der Waals surface area contributed by atoms with Gasteiger partial charge in [-0.15, -0.1) is 0 Å². The molecular formula is C14H14O4S. The van der Waals surface area contributed by atoms with Crippen molar-refractivity contribution >= 4 is 24.6 Å². The van der Waals surface area contributed by atoms with Gasteiger partial charge in [0.2, 0.25) is 0 Å². The first-order valence-corrected chi connectivity index (χ1v) is 6.16. The molecule has 0 radical (unpaired) electrons. The third-order valence-corrected chi connectivity index (χ3v) is 2.40. The van der Waals surface area contributed by atoms with Crippen LogP contribution in [0.2, 0.25) is 0 Å². The minimum Gasteiger partial charge on any atom is -0.478 e. The molecule has 1 rings (SSSR count). The summed E-state index contributed by atoms with van der Waals surface area (Å²) < 4.78 is 5.09. The van der Waals surface area contributed by atoms with Crippen LogP contribution in [0, 0.1) is 11.8 Å². The number of ether oxygens (including phenoxy) is 1. The van der Waals surface area contributed by atoms with Crippen molar-refractivity contribution in [2.45, 2.75) is 19.4 Å². The summed E-state index contributed by atoms with van der Waals surface area (Å²) in [4.78, 5) is 21.8. The first-order valence-electron chi connectivity index (χ1n) is 5.53. The summed E-state index contributed by atoms with van der Waals surface area (Å²) in [6, 6.07) is 6.15. The molecule has 0 bridgehead atoms. The van der Waals surface area contributed by atoms with E-state index in [2.05, 4.69) is 24.5 Å². The highest BCUT2D eigenvalue weighted by atomic mass is 32.1. The zero-order chi connectivity index (χ0) is 14.5. The number of rotatable bonds is 3. The van der Waals surface area contributed by atoms with Gasteiger partial charge in [-0.1, -0.05) is 11.8 Å². The molecule has 19 heavy (non-hydrogen) atoms. The summed E-state index contributed by atoms with van der Waals surface area (Å²) in [5.74, 6) is 4.22. The van der Waals surface area contributed by atoms with E-state index in [1.165, 1.54) is 12.1 Å². The number of hydrogen-bond donors (Lipinski definition) is 2. The van der Waals surface area contributed by atoms with Crippen LogP contribution in [0.3, 0.4) is 0 Å². The van der Waals surface area contributed by atoms with Gasteiger partial charge in [0.1, 0.15) is 0 Å². The lowest BCUT2D eigenvalue weighted by molar-refractivity contribution is -0.148. The van der Waals surface area contributed by atoms with Gasteiger partial charge >= 0.3 is 11.9 Å². The van der Waals surface area contributed by atoms with Crippen LogP contribution in [-0.4, -0.2) is 28.4 Å². The molecule has 1 aromatic carbocycles. The number of hydrogen-bond acceptors (Lipinski definition) is 4. The van der Waals surface area contributed by atoms with Crippen LogP contribution >= 0.6 is 12.6 Å². The molecule has 5 heteroatoms. The molecule has 0 aromatic heterocycles. The summed E-state index contributed by atoms with van der Waals surface area (Å²) in [6.07, 6.45) is 0. The predicted octanol–water partition coefficient (Wildman–Crippen LogP) is 1.99. The maximum absolute atomic E-state index is 11.1. The molecule has 4 nitrogen and oxygen atoms in total. The lowest BCUT2D eigenvalue weighted by Crippen LogP contribution is -2.26. The van der Waals surface area contributed by atoms with Gasteiger partial charge in [-0.3, -0.25) is 4.79 Å². The Kier molecular flexibility index (Phi) is 5.02. The first kappa shape index (κ1) is 15.1. The largest absolute Gasteiger partial charge is 0.478 e. The molecule has 1 aromatic rings. The van der Waals surface area contributed by atoms with Gasteiger partial charge in [0.05, 0.1) is 11.3 Å². The van der Waals surface area contributed by atoms with E-state index in [1.54, 1.807) is 26.0 Å². The lowest BCUT2D eigenvalue weighted by Gasteiger charge is -2.17. The second-order valence-electron chi connectivity index (χ2n) is 4.27. The van der Waals surface area contributed by atoms with E-state index in [0.29, 0.717) is 5.56 Å². The maximum Gasteiger partial charge on any atom is 0.335 e. The molecule has 0 atom stereocenters. The lowest BCUT2D eigenvalue weighted by atomic mass is 10.1. The molecule has 0 amide bonds. The summed E-state index contributed by atoms with van der Waals surface area (Å²) in [5, 5.41) is 8.76. The predicted molar refractivity (Wildman–Crippen MR) is 74.3 cm³/mol. The van der Waals surface area contributed by atoms with Gasteiger partial charge in [0, 0.05) is 5.56 Å². The second kappa shape index (κ2) is 6.30. The number of carbonyl (C=O) groups is 2. The smallest absolute Gasteiger partial charge is 0.335 e. The van der Waals surface area contributed by atoms with Crippen LogP contribution in [0.1, 0.15) is 29.8 Å². The van der Waals surface area contributed by atoms with Crippen LogP contribution in [0.4, 0.5) is 0 Å². The molecular weight excluding hydrogens is 264 g/mol. The third kappa shape index (κ3) is 5.06. The number of carbonyl (C=O) groups excluding carboxylic acids is 1. The van der Waals surface area contributed by atoms with Crippen molar-refractivity contribution in [3.05, 3.63) is 35.4 Å². The van der Waals surface area contributed by atoms with E-state index in [0.717, 1.165) is 0 Å². The fraction of sp³-hybridized carbons (Fsp3) is 0.286.